The summed E-state index contributed by atoms with van der Waals surface area (Å²) in [5.41, 5.74) is 0.0326. The van der Waals surface area contributed by atoms with Gasteiger partial charge in [-0.1, -0.05) is 6.07 Å². The molecule has 0 radical (unpaired) electrons. The zero-order valence-corrected chi connectivity index (χ0v) is 9.30. The predicted molar refractivity (Wildman–Crippen MR) is 61.2 cm³/mol. The number of rotatable bonds is 4. The third-order valence-corrected chi connectivity index (χ3v) is 2.47. The van der Waals surface area contributed by atoms with Gasteiger partial charge in [0.1, 0.15) is 18.5 Å². The molecule has 1 aromatic carbocycles. The quantitative estimate of drug-likeness (QED) is 0.624. The zero-order valence-electron chi connectivity index (χ0n) is 9.30. The van der Waals surface area contributed by atoms with Gasteiger partial charge >= 0.3 is 0 Å². The molecule has 0 unspecified atom stereocenters. The van der Waals surface area contributed by atoms with Gasteiger partial charge in [-0.15, -0.1) is 0 Å². The first-order valence-corrected chi connectivity index (χ1v) is 5.45. The van der Waals surface area contributed by atoms with Crippen LogP contribution in [0.1, 0.15) is 0 Å². The van der Waals surface area contributed by atoms with E-state index in [0.29, 0.717) is 19.0 Å². The van der Waals surface area contributed by atoms with E-state index in [0.717, 1.165) is 13.1 Å². The molecular weight excluding hydrogens is 224 g/mol. The molecule has 1 heterocycles. The van der Waals surface area contributed by atoms with Crippen molar-refractivity contribution in [3.63, 3.8) is 0 Å². The molecule has 2 rings (SSSR count). The maximum absolute atomic E-state index is 10.6. The molecule has 17 heavy (non-hydrogen) atoms. The Hall–Kier alpha value is -1.66. The summed E-state index contributed by atoms with van der Waals surface area (Å²) in [5, 5.41) is 13.8. The van der Waals surface area contributed by atoms with Gasteiger partial charge in [0.15, 0.2) is 0 Å². The summed E-state index contributed by atoms with van der Waals surface area (Å²) in [6.07, 6.45) is 0.00279. The molecule has 0 aromatic heterocycles. The second-order valence-corrected chi connectivity index (χ2v) is 3.76. The average Bonchev–Trinajstić information content (AvgIpc) is 2.38. The molecule has 0 bridgehead atoms. The number of nitrogens with one attached hydrogen (secondary N) is 1. The molecule has 1 aliphatic heterocycles. The highest BCUT2D eigenvalue weighted by atomic mass is 16.6. The summed E-state index contributed by atoms with van der Waals surface area (Å²) in [6.45, 7) is 2.67. The van der Waals surface area contributed by atoms with E-state index >= 15 is 0 Å². The Morgan fingerprint density at radius 1 is 1.59 bits per heavy atom. The Balaban J connectivity index is 1.89. The lowest BCUT2D eigenvalue weighted by molar-refractivity contribution is -0.384. The van der Waals surface area contributed by atoms with Crippen LogP contribution < -0.4 is 10.1 Å². The summed E-state index contributed by atoms with van der Waals surface area (Å²) in [5.74, 6) is 0.494. The third kappa shape index (κ3) is 3.40. The van der Waals surface area contributed by atoms with Crippen LogP contribution in [0.2, 0.25) is 0 Å². The van der Waals surface area contributed by atoms with E-state index in [4.69, 9.17) is 9.47 Å². The van der Waals surface area contributed by atoms with Crippen LogP contribution in [-0.4, -0.2) is 37.3 Å². The number of nitro benzene ring substituents is 1. The molecule has 1 aromatic rings. The highest BCUT2D eigenvalue weighted by Crippen LogP contribution is 2.19. The minimum absolute atomic E-state index is 0.00279. The van der Waals surface area contributed by atoms with Crippen molar-refractivity contribution in [2.24, 2.45) is 0 Å². The summed E-state index contributed by atoms with van der Waals surface area (Å²) in [6, 6.07) is 6.15. The van der Waals surface area contributed by atoms with Gasteiger partial charge in [-0.2, -0.15) is 0 Å². The van der Waals surface area contributed by atoms with Crippen molar-refractivity contribution in [3.05, 3.63) is 34.4 Å². The van der Waals surface area contributed by atoms with Gasteiger partial charge in [0.05, 0.1) is 17.6 Å². The smallest absolute Gasteiger partial charge is 0.273 e. The number of nitro groups is 1. The van der Waals surface area contributed by atoms with Gasteiger partial charge in [0.25, 0.3) is 5.69 Å². The van der Waals surface area contributed by atoms with Crippen LogP contribution in [0.4, 0.5) is 5.69 Å². The van der Waals surface area contributed by atoms with Crippen molar-refractivity contribution in [2.45, 2.75) is 6.10 Å². The zero-order chi connectivity index (χ0) is 12.1. The molecule has 1 fully saturated rings. The number of ether oxygens (including phenoxy) is 2. The van der Waals surface area contributed by atoms with E-state index in [1.807, 2.05) is 0 Å². The predicted octanol–water partition coefficient (Wildman–Crippen LogP) is 0.962. The van der Waals surface area contributed by atoms with Crippen LogP contribution in [0.25, 0.3) is 0 Å². The van der Waals surface area contributed by atoms with E-state index in [9.17, 15) is 10.1 Å². The molecule has 0 amide bonds. The molecule has 92 valence electrons. The normalized spacial score (nSPS) is 19.9. The molecule has 0 saturated carbocycles. The van der Waals surface area contributed by atoms with Crippen molar-refractivity contribution in [1.82, 2.24) is 5.32 Å². The average molecular weight is 238 g/mol. The van der Waals surface area contributed by atoms with Crippen molar-refractivity contribution in [3.8, 4) is 5.75 Å². The number of non-ortho nitro benzene ring substituents is 1. The first-order valence-electron chi connectivity index (χ1n) is 5.45. The lowest BCUT2D eigenvalue weighted by atomic mass is 10.3. The first kappa shape index (κ1) is 11.8. The van der Waals surface area contributed by atoms with E-state index in [1.165, 1.54) is 12.1 Å². The standard InChI is InChI=1S/C11H14N2O4/c14-13(15)9-2-1-3-10(6-9)17-8-11-7-12-4-5-16-11/h1-3,6,11-12H,4-5,7-8H2/t11-/m0/s1. The van der Waals surface area contributed by atoms with Crippen LogP contribution in [-0.2, 0) is 4.74 Å². The minimum atomic E-state index is -0.439. The molecular formula is C11H14N2O4. The molecule has 1 aliphatic rings. The fourth-order valence-electron chi connectivity index (χ4n) is 1.60. The van der Waals surface area contributed by atoms with Gasteiger partial charge in [-0.25, -0.2) is 0 Å². The third-order valence-electron chi connectivity index (χ3n) is 2.47. The van der Waals surface area contributed by atoms with Gasteiger partial charge in [0, 0.05) is 19.2 Å². The van der Waals surface area contributed by atoms with Crippen molar-refractivity contribution in [1.29, 1.82) is 0 Å². The fourth-order valence-corrected chi connectivity index (χ4v) is 1.60. The summed E-state index contributed by atoms with van der Waals surface area (Å²) in [4.78, 5) is 10.1. The highest BCUT2D eigenvalue weighted by Gasteiger charge is 2.14. The molecule has 0 spiro atoms. The fraction of sp³-hybridized carbons (Fsp3) is 0.455. The Bertz CT molecular complexity index is 391. The SMILES string of the molecule is O=[N+]([O-])c1cccc(OC[C@@H]2CNCCO2)c1. The Morgan fingerprint density at radius 3 is 3.18 bits per heavy atom. The number of benzene rings is 1. The summed E-state index contributed by atoms with van der Waals surface area (Å²) in [7, 11) is 0. The number of nitrogens with zero attached hydrogens (tertiary/aromatic N) is 1. The lowest BCUT2D eigenvalue weighted by Gasteiger charge is -2.23. The van der Waals surface area contributed by atoms with Crippen LogP contribution >= 0.6 is 0 Å². The van der Waals surface area contributed by atoms with E-state index < -0.39 is 4.92 Å². The molecule has 1 N–H and O–H groups in total. The molecule has 1 atom stereocenters. The molecule has 6 nitrogen and oxygen atoms in total. The van der Waals surface area contributed by atoms with Crippen molar-refractivity contribution < 1.29 is 14.4 Å². The monoisotopic (exact) mass is 238 g/mol. The van der Waals surface area contributed by atoms with Crippen molar-refractivity contribution >= 4 is 5.69 Å². The molecule has 6 heteroatoms. The topological polar surface area (TPSA) is 73.6 Å². The highest BCUT2D eigenvalue weighted by molar-refractivity contribution is 5.37. The summed E-state index contributed by atoms with van der Waals surface area (Å²) < 4.78 is 10.9. The Morgan fingerprint density at radius 2 is 2.47 bits per heavy atom. The second-order valence-electron chi connectivity index (χ2n) is 3.76. The largest absolute Gasteiger partial charge is 0.491 e. The number of hydrogen-bond donors (Lipinski definition) is 1. The van der Waals surface area contributed by atoms with E-state index in [2.05, 4.69) is 5.32 Å². The first-order chi connectivity index (χ1) is 8.25. The molecule has 1 saturated heterocycles. The van der Waals surface area contributed by atoms with Gasteiger partial charge in [0.2, 0.25) is 0 Å². The van der Waals surface area contributed by atoms with Gasteiger partial charge in [-0.3, -0.25) is 10.1 Å². The maximum Gasteiger partial charge on any atom is 0.273 e. The van der Waals surface area contributed by atoms with Gasteiger partial charge in [-0.05, 0) is 6.07 Å². The summed E-state index contributed by atoms with van der Waals surface area (Å²) >= 11 is 0. The number of hydrogen-bond acceptors (Lipinski definition) is 5. The van der Waals surface area contributed by atoms with E-state index in [1.54, 1.807) is 12.1 Å². The van der Waals surface area contributed by atoms with Crippen LogP contribution in [0, 0.1) is 10.1 Å². The van der Waals surface area contributed by atoms with Crippen LogP contribution in [0.3, 0.4) is 0 Å². The van der Waals surface area contributed by atoms with Crippen LogP contribution in [0.5, 0.6) is 5.75 Å². The Labute approximate surface area is 98.7 Å². The van der Waals surface area contributed by atoms with Crippen LogP contribution in [0.15, 0.2) is 24.3 Å². The van der Waals surface area contributed by atoms with Crippen molar-refractivity contribution in [2.75, 3.05) is 26.3 Å². The second kappa shape index (κ2) is 5.60. The number of morpholine rings is 1. The Kier molecular flexibility index (Phi) is 3.89. The minimum Gasteiger partial charge on any atom is -0.491 e. The van der Waals surface area contributed by atoms with E-state index in [-0.39, 0.29) is 11.8 Å². The molecule has 0 aliphatic carbocycles. The maximum atomic E-state index is 10.6. The lowest BCUT2D eigenvalue weighted by Crippen LogP contribution is -2.41. The van der Waals surface area contributed by atoms with Gasteiger partial charge < -0.3 is 14.8 Å².